The van der Waals surface area contributed by atoms with Gasteiger partial charge in [-0.05, 0) is 50.6 Å². The number of amides is 1. The van der Waals surface area contributed by atoms with Crippen molar-refractivity contribution in [2.75, 3.05) is 13.1 Å². The maximum atomic E-state index is 12.1. The van der Waals surface area contributed by atoms with Crippen LogP contribution in [-0.2, 0) is 4.79 Å². The van der Waals surface area contributed by atoms with Crippen molar-refractivity contribution in [1.29, 1.82) is 0 Å². The lowest BCUT2D eigenvalue weighted by Gasteiger charge is -2.32. The fraction of sp³-hybridized carbons (Fsp3) is 0.933. The van der Waals surface area contributed by atoms with Gasteiger partial charge in [0.15, 0.2) is 0 Å². The highest BCUT2D eigenvalue weighted by molar-refractivity contribution is 5.76. The van der Waals surface area contributed by atoms with Gasteiger partial charge in [0.25, 0.3) is 0 Å². The molecule has 0 aromatic rings. The lowest BCUT2D eigenvalue weighted by atomic mass is 9.82. The highest BCUT2D eigenvalue weighted by Gasteiger charge is 2.26. The van der Waals surface area contributed by atoms with Gasteiger partial charge in [-0.2, -0.15) is 0 Å². The molecule has 3 unspecified atom stereocenters. The zero-order valence-corrected chi connectivity index (χ0v) is 11.7. The molecule has 0 spiro atoms. The number of hydrogen-bond donors (Lipinski definition) is 2. The van der Waals surface area contributed by atoms with Gasteiger partial charge in [-0.25, -0.2) is 0 Å². The van der Waals surface area contributed by atoms with E-state index >= 15 is 0 Å². The van der Waals surface area contributed by atoms with Crippen LogP contribution < -0.4 is 10.6 Å². The fourth-order valence-corrected chi connectivity index (χ4v) is 3.51. The predicted molar refractivity (Wildman–Crippen MR) is 74.4 cm³/mol. The molecule has 1 aliphatic carbocycles. The molecule has 0 aromatic carbocycles. The molecule has 0 aromatic heterocycles. The van der Waals surface area contributed by atoms with Gasteiger partial charge in [0.1, 0.15) is 0 Å². The molecule has 2 aliphatic rings. The SMILES string of the molecule is CCC1CCCCC1NC(=O)CC1CCCNC1. The van der Waals surface area contributed by atoms with Crippen molar-refractivity contribution in [2.24, 2.45) is 11.8 Å². The van der Waals surface area contributed by atoms with Crippen LogP contribution in [0.1, 0.15) is 58.3 Å². The minimum atomic E-state index is 0.286. The molecule has 0 radical (unpaired) electrons. The summed E-state index contributed by atoms with van der Waals surface area (Å²) in [4.78, 5) is 12.1. The molecule has 3 heteroatoms. The third kappa shape index (κ3) is 3.98. The van der Waals surface area contributed by atoms with Gasteiger partial charge in [0.2, 0.25) is 5.91 Å². The molecule has 18 heavy (non-hydrogen) atoms. The Kier molecular flexibility index (Phi) is 5.48. The van der Waals surface area contributed by atoms with Crippen LogP contribution >= 0.6 is 0 Å². The third-order valence-corrected chi connectivity index (χ3v) is 4.65. The van der Waals surface area contributed by atoms with E-state index in [-0.39, 0.29) is 5.91 Å². The first-order chi connectivity index (χ1) is 8.79. The Labute approximate surface area is 111 Å². The molecule has 2 rings (SSSR count). The molecule has 3 nitrogen and oxygen atoms in total. The first-order valence-corrected chi connectivity index (χ1v) is 7.79. The summed E-state index contributed by atoms with van der Waals surface area (Å²) in [7, 11) is 0. The Hall–Kier alpha value is -0.570. The maximum Gasteiger partial charge on any atom is 0.220 e. The zero-order valence-electron chi connectivity index (χ0n) is 11.7. The first-order valence-electron chi connectivity index (χ1n) is 7.79. The Bertz CT molecular complexity index is 261. The van der Waals surface area contributed by atoms with Gasteiger partial charge in [0.05, 0.1) is 0 Å². The molecule has 2 fully saturated rings. The number of piperidine rings is 1. The minimum absolute atomic E-state index is 0.286. The van der Waals surface area contributed by atoms with Crippen LogP contribution in [0.15, 0.2) is 0 Å². The maximum absolute atomic E-state index is 12.1. The Morgan fingerprint density at radius 2 is 2.06 bits per heavy atom. The van der Waals surface area contributed by atoms with Crippen molar-refractivity contribution < 1.29 is 4.79 Å². The van der Waals surface area contributed by atoms with Crippen molar-refractivity contribution in [3.05, 3.63) is 0 Å². The molecular formula is C15H28N2O. The van der Waals surface area contributed by atoms with E-state index in [1.165, 1.54) is 44.9 Å². The monoisotopic (exact) mass is 252 g/mol. The summed E-state index contributed by atoms with van der Waals surface area (Å²) < 4.78 is 0. The summed E-state index contributed by atoms with van der Waals surface area (Å²) in [6.07, 6.45) is 9.47. The third-order valence-electron chi connectivity index (χ3n) is 4.65. The predicted octanol–water partition coefficient (Wildman–Crippen LogP) is 2.46. The average molecular weight is 252 g/mol. The molecule has 1 amide bonds. The van der Waals surface area contributed by atoms with Crippen LogP contribution in [0.3, 0.4) is 0 Å². The smallest absolute Gasteiger partial charge is 0.220 e. The number of carbonyl (C=O) groups is 1. The van der Waals surface area contributed by atoms with E-state index in [0.29, 0.717) is 17.9 Å². The topological polar surface area (TPSA) is 41.1 Å². The number of carbonyl (C=O) groups excluding carboxylic acids is 1. The highest BCUT2D eigenvalue weighted by atomic mass is 16.1. The second-order valence-electron chi connectivity index (χ2n) is 6.04. The molecule has 104 valence electrons. The fourth-order valence-electron chi connectivity index (χ4n) is 3.51. The van der Waals surface area contributed by atoms with Crippen LogP contribution in [0.2, 0.25) is 0 Å². The zero-order chi connectivity index (χ0) is 12.8. The molecule has 3 atom stereocenters. The Morgan fingerprint density at radius 3 is 2.78 bits per heavy atom. The van der Waals surface area contributed by atoms with Crippen molar-refractivity contribution in [3.63, 3.8) is 0 Å². The van der Waals surface area contributed by atoms with E-state index in [1.54, 1.807) is 0 Å². The lowest BCUT2D eigenvalue weighted by Crippen LogP contribution is -2.43. The van der Waals surface area contributed by atoms with Crippen molar-refractivity contribution >= 4 is 5.91 Å². The summed E-state index contributed by atoms with van der Waals surface area (Å²) in [5.41, 5.74) is 0. The highest BCUT2D eigenvalue weighted by Crippen LogP contribution is 2.27. The standard InChI is InChI=1S/C15H28N2O/c1-2-13-7-3-4-8-14(13)17-15(18)10-12-6-5-9-16-11-12/h12-14,16H,2-11H2,1H3,(H,17,18). The van der Waals surface area contributed by atoms with Crippen LogP contribution in [0.4, 0.5) is 0 Å². The van der Waals surface area contributed by atoms with Crippen LogP contribution in [-0.4, -0.2) is 25.0 Å². The summed E-state index contributed by atoms with van der Waals surface area (Å²) in [5, 5.41) is 6.68. The molecule has 1 saturated carbocycles. The summed E-state index contributed by atoms with van der Waals surface area (Å²) >= 11 is 0. The molecule has 1 saturated heterocycles. The number of rotatable bonds is 4. The van der Waals surface area contributed by atoms with Crippen molar-refractivity contribution in [2.45, 2.75) is 64.3 Å². The average Bonchev–Trinajstić information content (AvgIpc) is 2.40. The Morgan fingerprint density at radius 1 is 1.22 bits per heavy atom. The summed E-state index contributed by atoms with van der Waals surface area (Å²) in [6, 6.07) is 0.452. The second-order valence-corrected chi connectivity index (χ2v) is 6.04. The Balaban J connectivity index is 1.75. The molecule has 2 N–H and O–H groups in total. The summed E-state index contributed by atoms with van der Waals surface area (Å²) in [5.74, 6) is 1.56. The van der Waals surface area contributed by atoms with E-state index < -0.39 is 0 Å². The van der Waals surface area contributed by atoms with E-state index in [0.717, 1.165) is 19.5 Å². The quantitative estimate of drug-likeness (QED) is 0.807. The lowest BCUT2D eigenvalue weighted by molar-refractivity contribution is -0.123. The van der Waals surface area contributed by atoms with Crippen molar-refractivity contribution in [1.82, 2.24) is 10.6 Å². The van der Waals surface area contributed by atoms with E-state index in [2.05, 4.69) is 17.6 Å². The van der Waals surface area contributed by atoms with Gasteiger partial charge in [0, 0.05) is 12.5 Å². The van der Waals surface area contributed by atoms with E-state index in [4.69, 9.17) is 0 Å². The van der Waals surface area contributed by atoms with Crippen LogP contribution in [0, 0.1) is 11.8 Å². The largest absolute Gasteiger partial charge is 0.353 e. The van der Waals surface area contributed by atoms with Crippen molar-refractivity contribution in [3.8, 4) is 0 Å². The minimum Gasteiger partial charge on any atom is -0.353 e. The van der Waals surface area contributed by atoms with Crippen LogP contribution in [0.25, 0.3) is 0 Å². The van der Waals surface area contributed by atoms with Gasteiger partial charge in [-0.1, -0.05) is 26.2 Å². The first kappa shape index (κ1) is 13.9. The van der Waals surface area contributed by atoms with Gasteiger partial charge in [-0.3, -0.25) is 4.79 Å². The van der Waals surface area contributed by atoms with Gasteiger partial charge in [-0.15, -0.1) is 0 Å². The molecular weight excluding hydrogens is 224 g/mol. The molecule has 1 aliphatic heterocycles. The van der Waals surface area contributed by atoms with Gasteiger partial charge < -0.3 is 10.6 Å². The summed E-state index contributed by atoms with van der Waals surface area (Å²) in [6.45, 7) is 4.40. The van der Waals surface area contributed by atoms with Crippen LogP contribution in [0.5, 0.6) is 0 Å². The molecule has 1 heterocycles. The van der Waals surface area contributed by atoms with E-state index in [9.17, 15) is 4.79 Å². The normalized spacial score (nSPS) is 33.1. The number of hydrogen-bond acceptors (Lipinski definition) is 2. The number of nitrogens with one attached hydrogen (secondary N) is 2. The molecule has 0 bridgehead atoms. The van der Waals surface area contributed by atoms with Gasteiger partial charge >= 0.3 is 0 Å². The van der Waals surface area contributed by atoms with E-state index in [1.807, 2.05) is 0 Å². The second kappa shape index (κ2) is 7.13.